The predicted octanol–water partition coefficient (Wildman–Crippen LogP) is 2.47. The number of nitrogens with two attached hydrogens (primary N) is 1. The Labute approximate surface area is 117 Å². The first-order chi connectivity index (χ1) is 9.65. The maximum absolute atomic E-state index is 10.6. The van der Waals surface area contributed by atoms with E-state index in [0.717, 1.165) is 5.56 Å². The zero-order valence-corrected chi connectivity index (χ0v) is 10.8. The third-order valence-electron chi connectivity index (χ3n) is 2.68. The number of rotatable bonds is 5. The molecule has 0 aromatic heterocycles. The summed E-state index contributed by atoms with van der Waals surface area (Å²) in [6.45, 7) is 0.427. The van der Waals surface area contributed by atoms with Gasteiger partial charge in [-0.25, -0.2) is 0 Å². The van der Waals surface area contributed by atoms with Crippen molar-refractivity contribution < 1.29 is 14.6 Å². The summed E-state index contributed by atoms with van der Waals surface area (Å²) in [4.78, 5) is 10.6. The Bertz CT molecular complexity index is 621. The van der Waals surface area contributed by atoms with Gasteiger partial charge in [0.25, 0.3) is 0 Å². The first-order valence-electron chi connectivity index (χ1n) is 6.12. The van der Waals surface area contributed by atoms with Crippen LogP contribution in [-0.2, 0) is 11.4 Å². The maximum atomic E-state index is 10.6. The SMILES string of the molecule is NC(=O)/C=C\c1ccc(OCc2ccccc2)cc1O. The molecule has 0 radical (unpaired) electrons. The summed E-state index contributed by atoms with van der Waals surface area (Å²) < 4.78 is 5.58. The van der Waals surface area contributed by atoms with Crippen LogP contribution in [-0.4, -0.2) is 11.0 Å². The van der Waals surface area contributed by atoms with Crippen LogP contribution in [0.5, 0.6) is 11.5 Å². The van der Waals surface area contributed by atoms with Gasteiger partial charge >= 0.3 is 0 Å². The highest BCUT2D eigenvalue weighted by atomic mass is 16.5. The molecular formula is C16H15NO3. The van der Waals surface area contributed by atoms with Crippen molar-refractivity contribution in [3.63, 3.8) is 0 Å². The van der Waals surface area contributed by atoms with Gasteiger partial charge in [-0.2, -0.15) is 0 Å². The number of benzene rings is 2. The standard InChI is InChI=1S/C16H15NO3/c17-16(19)9-7-13-6-8-14(10-15(13)18)20-11-12-4-2-1-3-5-12/h1-10,18H,11H2,(H2,17,19)/b9-7-. The molecule has 0 aliphatic carbocycles. The van der Waals surface area contributed by atoms with Crippen LogP contribution in [0.3, 0.4) is 0 Å². The first kappa shape index (κ1) is 13.7. The zero-order chi connectivity index (χ0) is 14.4. The lowest BCUT2D eigenvalue weighted by Gasteiger charge is -2.07. The van der Waals surface area contributed by atoms with E-state index in [-0.39, 0.29) is 5.75 Å². The molecule has 0 fully saturated rings. The third kappa shape index (κ3) is 3.88. The van der Waals surface area contributed by atoms with E-state index in [2.05, 4.69) is 0 Å². The Balaban J connectivity index is 2.04. The molecule has 0 atom stereocenters. The van der Waals surface area contributed by atoms with Crippen molar-refractivity contribution >= 4 is 12.0 Å². The van der Waals surface area contributed by atoms with E-state index in [0.29, 0.717) is 17.9 Å². The highest BCUT2D eigenvalue weighted by molar-refractivity contribution is 5.90. The minimum Gasteiger partial charge on any atom is -0.507 e. The summed E-state index contributed by atoms with van der Waals surface area (Å²) >= 11 is 0. The van der Waals surface area contributed by atoms with Gasteiger partial charge < -0.3 is 15.6 Å². The minimum absolute atomic E-state index is 0.0352. The van der Waals surface area contributed by atoms with Crippen molar-refractivity contribution in [3.05, 3.63) is 65.7 Å². The van der Waals surface area contributed by atoms with E-state index in [9.17, 15) is 9.90 Å². The lowest BCUT2D eigenvalue weighted by Crippen LogP contribution is -2.05. The molecule has 2 aromatic carbocycles. The molecular weight excluding hydrogens is 254 g/mol. The van der Waals surface area contributed by atoms with E-state index in [1.165, 1.54) is 18.2 Å². The highest BCUT2D eigenvalue weighted by Crippen LogP contribution is 2.25. The molecule has 4 heteroatoms. The Morgan fingerprint density at radius 1 is 1.20 bits per heavy atom. The molecule has 0 heterocycles. The molecule has 3 N–H and O–H groups in total. The van der Waals surface area contributed by atoms with Crippen LogP contribution in [0.25, 0.3) is 6.08 Å². The summed E-state index contributed by atoms with van der Waals surface area (Å²) in [7, 11) is 0. The number of carbonyl (C=O) groups excluding carboxylic acids is 1. The summed E-state index contributed by atoms with van der Waals surface area (Å²) in [6.07, 6.45) is 2.65. The second kappa shape index (κ2) is 6.43. The van der Waals surface area contributed by atoms with E-state index < -0.39 is 5.91 Å². The van der Waals surface area contributed by atoms with Crippen LogP contribution >= 0.6 is 0 Å². The number of phenols is 1. The quantitative estimate of drug-likeness (QED) is 0.819. The predicted molar refractivity (Wildman–Crippen MR) is 77.1 cm³/mol. The summed E-state index contributed by atoms with van der Waals surface area (Å²) in [5.41, 5.74) is 6.56. The van der Waals surface area contributed by atoms with Crippen molar-refractivity contribution in [2.75, 3.05) is 0 Å². The second-order valence-electron chi connectivity index (χ2n) is 4.23. The molecule has 0 bridgehead atoms. The van der Waals surface area contributed by atoms with Crippen molar-refractivity contribution in [1.29, 1.82) is 0 Å². The van der Waals surface area contributed by atoms with Crippen LogP contribution in [0.2, 0.25) is 0 Å². The summed E-state index contributed by atoms with van der Waals surface area (Å²) in [5.74, 6) is 0.0319. The number of amides is 1. The van der Waals surface area contributed by atoms with Gasteiger partial charge in [0.2, 0.25) is 5.91 Å². The van der Waals surface area contributed by atoms with Gasteiger partial charge in [0.1, 0.15) is 18.1 Å². The molecule has 20 heavy (non-hydrogen) atoms. The Morgan fingerprint density at radius 3 is 2.60 bits per heavy atom. The highest BCUT2D eigenvalue weighted by Gasteiger charge is 2.02. The fourth-order valence-corrected chi connectivity index (χ4v) is 1.67. The molecule has 1 amide bonds. The monoisotopic (exact) mass is 269 g/mol. The lowest BCUT2D eigenvalue weighted by molar-refractivity contribution is -0.113. The van der Waals surface area contributed by atoms with Crippen molar-refractivity contribution in [2.24, 2.45) is 5.73 Å². The van der Waals surface area contributed by atoms with Gasteiger partial charge in [-0.05, 0) is 23.8 Å². The topological polar surface area (TPSA) is 72.6 Å². The average molecular weight is 269 g/mol. The number of hydrogen-bond acceptors (Lipinski definition) is 3. The number of ether oxygens (including phenoxy) is 1. The van der Waals surface area contributed by atoms with Crippen molar-refractivity contribution in [3.8, 4) is 11.5 Å². The van der Waals surface area contributed by atoms with Gasteiger partial charge in [-0.15, -0.1) is 0 Å². The van der Waals surface area contributed by atoms with Crippen LogP contribution in [0.1, 0.15) is 11.1 Å². The van der Waals surface area contributed by atoms with E-state index in [4.69, 9.17) is 10.5 Å². The average Bonchev–Trinajstić information content (AvgIpc) is 2.45. The Hall–Kier alpha value is -2.75. The number of phenolic OH excluding ortho intramolecular Hbond substituents is 1. The summed E-state index contributed by atoms with van der Waals surface area (Å²) in [6, 6.07) is 14.6. The second-order valence-corrected chi connectivity index (χ2v) is 4.23. The number of carbonyl (C=O) groups is 1. The Kier molecular flexibility index (Phi) is 4.39. The molecule has 0 saturated heterocycles. The fourth-order valence-electron chi connectivity index (χ4n) is 1.67. The normalized spacial score (nSPS) is 10.6. The molecule has 0 spiro atoms. The molecule has 2 rings (SSSR count). The van der Waals surface area contributed by atoms with E-state index in [1.54, 1.807) is 12.1 Å². The zero-order valence-electron chi connectivity index (χ0n) is 10.8. The van der Waals surface area contributed by atoms with Crippen molar-refractivity contribution in [1.82, 2.24) is 0 Å². The smallest absolute Gasteiger partial charge is 0.241 e. The van der Waals surface area contributed by atoms with E-state index >= 15 is 0 Å². The fraction of sp³-hybridized carbons (Fsp3) is 0.0625. The minimum atomic E-state index is -0.561. The molecule has 2 aromatic rings. The van der Waals surface area contributed by atoms with Gasteiger partial charge in [0, 0.05) is 17.7 Å². The molecule has 0 unspecified atom stereocenters. The Morgan fingerprint density at radius 2 is 1.95 bits per heavy atom. The molecule has 4 nitrogen and oxygen atoms in total. The lowest BCUT2D eigenvalue weighted by atomic mass is 10.1. The summed E-state index contributed by atoms with van der Waals surface area (Å²) in [5, 5.41) is 9.82. The van der Waals surface area contributed by atoms with Crippen LogP contribution < -0.4 is 10.5 Å². The first-order valence-corrected chi connectivity index (χ1v) is 6.12. The van der Waals surface area contributed by atoms with Crippen LogP contribution in [0.4, 0.5) is 0 Å². The maximum Gasteiger partial charge on any atom is 0.241 e. The van der Waals surface area contributed by atoms with Gasteiger partial charge in [0.05, 0.1) is 0 Å². The van der Waals surface area contributed by atoms with Gasteiger partial charge in [-0.1, -0.05) is 30.3 Å². The molecule has 0 aliphatic rings. The largest absolute Gasteiger partial charge is 0.507 e. The van der Waals surface area contributed by atoms with Crippen LogP contribution in [0, 0.1) is 0 Å². The number of aromatic hydroxyl groups is 1. The molecule has 0 saturated carbocycles. The molecule has 0 aliphatic heterocycles. The third-order valence-corrected chi connectivity index (χ3v) is 2.68. The van der Waals surface area contributed by atoms with Gasteiger partial charge in [-0.3, -0.25) is 4.79 Å². The number of primary amides is 1. The van der Waals surface area contributed by atoms with Crippen LogP contribution in [0.15, 0.2) is 54.6 Å². The van der Waals surface area contributed by atoms with Crippen molar-refractivity contribution in [2.45, 2.75) is 6.61 Å². The molecule has 102 valence electrons. The van der Waals surface area contributed by atoms with Gasteiger partial charge in [0.15, 0.2) is 0 Å². The van der Waals surface area contributed by atoms with E-state index in [1.807, 2.05) is 30.3 Å². The number of hydrogen-bond donors (Lipinski definition) is 2.